The van der Waals surface area contributed by atoms with Gasteiger partial charge in [-0.15, -0.1) is 0 Å². The van der Waals surface area contributed by atoms with Gasteiger partial charge in [0.2, 0.25) is 5.91 Å². The van der Waals surface area contributed by atoms with Crippen molar-refractivity contribution in [3.05, 3.63) is 63.0 Å². The largest absolute Gasteiger partial charge is 0.491 e. The van der Waals surface area contributed by atoms with Gasteiger partial charge in [-0.25, -0.2) is 0 Å². The van der Waals surface area contributed by atoms with E-state index in [1.807, 2.05) is 23.1 Å². The molecule has 0 saturated carbocycles. The molecule has 5 rings (SSSR count). The highest BCUT2D eigenvalue weighted by Crippen LogP contribution is 2.40. The summed E-state index contributed by atoms with van der Waals surface area (Å²) in [7, 11) is 0. The van der Waals surface area contributed by atoms with Crippen molar-refractivity contribution in [2.75, 3.05) is 26.2 Å². The highest BCUT2D eigenvalue weighted by molar-refractivity contribution is 6.30. The maximum atomic E-state index is 13.7. The van der Waals surface area contributed by atoms with Crippen LogP contribution in [0.3, 0.4) is 0 Å². The van der Waals surface area contributed by atoms with Gasteiger partial charge in [0.25, 0.3) is 5.56 Å². The molecule has 3 aliphatic heterocycles. The molecule has 0 aliphatic carbocycles. The van der Waals surface area contributed by atoms with Crippen molar-refractivity contribution in [1.29, 1.82) is 0 Å². The van der Waals surface area contributed by atoms with Crippen LogP contribution in [0.15, 0.2) is 41.2 Å². The molecule has 0 radical (unpaired) electrons. The SMILES string of the molecule is O=C([C@H]1[C@@H]2CNC[C@@H](C2)c2cccc(=O)n21)N1CCOc2ccc(Cl)cc2C1. The van der Waals surface area contributed by atoms with Gasteiger partial charge in [-0.1, -0.05) is 17.7 Å². The third-order valence-electron chi connectivity index (χ3n) is 6.12. The van der Waals surface area contributed by atoms with Crippen LogP contribution in [0.25, 0.3) is 0 Å². The summed E-state index contributed by atoms with van der Waals surface area (Å²) in [6.45, 7) is 2.95. The normalized spacial score (nSPS) is 25.9. The fourth-order valence-corrected chi connectivity index (χ4v) is 5.04. The number of fused-ring (bicyclic) bond motifs is 5. The Bertz CT molecular complexity index is 989. The average Bonchev–Trinajstić information content (AvgIpc) is 2.91. The van der Waals surface area contributed by atoms with E-state index in [0.29, 0.717) is 24.7 Å². The van der Waals surface area contributed by atoms with E-state index in [1.54, 1.807) is 22.8 Å². The Labute approximate surface area is 168 Å². The van der Waals surface area contributed by atoms with Gasteiger partial charge in [-0.05, 0) is 30.7 Å². The fraction of sp³-hybridized carbons (Fsp3) is 0.429. The van der Waals surface area contributed by atoms with Crippen molar-refractivity contribution < 1.29 is 9.53 Å². The molecular formula is C21H22ClN3O3. The first-order chi connectivity index (χ1) is 13.6. The molecule has 2 bridgehead atoms. The summed E-state index contributed by atoms with van der Waals surface area (Å²) in [5.41, 5.74) is 1.76. The first-order valence-electron chi connectivity index (χ1n) is 9.74. The number of hydrogen-bond donors (Lipinski definition) is 1. The van der Waals surface area contributed by atoms with Gasteiger partial charge in [0.15, 0.2) is 0 Å². The molecule has 1 aromatic carbocycles. The first-order valence-corrected chi connectivity index (χ1v) is 10.1. The minimum atomic E-state index is -0.478. The lowest BCUT2D eigenvalue weighted by Gasteiger charge is -2.43. The topological polar surface area (TPSA) is 63.6 Å². The molecule has 0 unspecified atom stereocenters. The summed E-state index contributed by atoms with van der Waals surface area (Å²) in [4.78, 5) is 28.2. The van der Waals surface area contributed by atoms with Crippen LogP contribution in [0.1, 0.15) is 29.6 Å². The second-order valence-electron chi connectivity index (χ2n) is 7.81. The standard InChI is InChI=1S/C21H22ClN3O3/c22-16-4-5-18-15(9-16)12-24(6-7-28-18)21(27)20-14-8-13(10-23-11-14)17-2-1-3-19(26)25(17)20/h1-5,9,13-14,20,23H,6-8,10-12H2/t13-,14+,20-/m1/s1. The Hall–Kier alpha value is -2.31. The first kappa shape index (κ1) is 17.8. The quantitative estimate of drug-likeness (QED) is 0.798. The molecule has 146 valence electrons. The van der Waals surface area contributed by atoms with E-state index >= 15 is 0 Å². The number of amides is 1. The Morgan fingerprint density at radius 2 is 2.11 bits per heavy atom. The highest BCUT2D eigenvalue weighted by atomic mass is 35.5. The molecule has 1 amide bonds. The van der Waals surface area contributed by atoms with Crippen LogP contribution >= 0.6 is 11.6 Å². The number of nitrogens with one attached hydrogen (secondary N) is 1. The number of carbonyl (C=O) groups is 1. The van der Waals surface area contributed by atoms with E-state index in [2.05, 4.69) is 5.32 Å². The molecule has 1 aromatic heterocycles. The van der Waals surface area contributed by atoms with Crippen LogP contribution in [0.5, 0.6) is 5.75 Å². The molecule has 3 atom stereocenters. The van der Waals surface area contributed by atoms with E-state index in [-0.39, 0.29) is 23.3 Å². The molecule has 28 heavy (non-hydrogen) atoms. The Balaban J connectivity index is 1.53. The number of ether oxygens (including phenoxy) is 1. The van der Waals surface area contributed by atoms with E-state index in [0.717, 1.165) is 36.5 Å². The van der Waals surface area contributed by atoms with Gasteiger partial charge in [-0.3, -0.25) is 14.2 Å². The van der Waals surface area contributed by atoms with Crippen molar-refractivity contribution >= 4 is 17.5 Å². The lowest BCUT2D eigenvalue weighted by Crippen LogP contribution is -2.53. The summed E-state index contributed by atoms with van der Waals surface area (Å²) in [5, 5.41) is 4.06. The average molecular weight is 400 g/mol. The summed E-state index contributed by atoms with van der Waals surface area (Å²) < 4.78 is 7.56. The molecule has 0 spiro atoms. The summed E-state index contributed by atoms with van der Waals surface area (Å²) >= 11 is 6.15. The molecule has 1 fully saturated rings. The minimum absolute atomic E-state index is 0.0156. The van der Waals surface area contributed by atoms with Crippen LogP contribution in [0.2, 0.25) is 5.02 Å². The maximum absolute atomic E-state index is 13.7. The van der Waals surface area contributed by atoms with Gasteiger partial charge in [0.1, 0.15) is 18.4 Å². The van der Waals surface area contributed by atoms with Crippen LogP contribution < -0.4 is 15.6 Å². The van der Waals surface area contributed by atoms with Crippen LogP contribution in [0, 0.1) is 5.92 Å². The smallest absolute Gasteiger partial charge is 0.251 e. The Kier molecular flexibility index (Phi) is 4.40. The number of hydrogen-bond acceptors (Lipinski definition) is 4. The monoisotopic (exact) mass is 399 g/mol. The molecule has 6 nitrogen and oxygen atoms in total. The second-order valence-corrected chi connectivity index (χ2v) is 8.25. The van der Waals surface area contributed by atoms with Gasteiger partial charge < -0.3 is 15.0 Å². The number of aromatic nitrogens is 1. The predicted molar refractivity (Wildman–Crippen MR) is 106 cm³/mol. The second kappa shape index (κ2) is 6.94. The summed E-state index contributed by atoms with van der Waals surface area (Å²) in [6, 6.07) is 10.3. The number of rotatable bonds is 1. The molecule has 1 saturated heterocycles. The number of benzene rings is 1. The number of nitrogens with zero attached hydrogens (tertiary/aromatic N) is 2. The van der Waals surface area contributed by atoms with Crippen LogP contribution in [-0.4, -0.2) is 41.6 Å². The van der Waals surface area contributed by atoms with Crippen molar-refractivity contribution in [2.45, 2.75) is 24.9 Å². The van der Waals surface area contributed by atoms with E-state index < -0.39 is 6.04 Å². The zero-order chi connectivity index (χ0) is 19.3. The van der Waals surface area contributed by atoms with E-state index in [9.17, 15) is 9.59 Å². The van der Waals surface area contributed by atoms with Crippen LogP contribution in [0.4, 0.5) is 0 Å². The van der Waals surface area contributed by atoms with Crippen molar-refractivity contribution in [3.63, 3.8) is 0 Å². The fourth-order valence-electron chi connectivity index (χ4n) is 4.85. The lowest BCUT2D eigenvalue weighted by atomic mass is 9.79. The third-order valence-corrected chi connectivity index (χ3v) is 6.35. The van der Waals surface area contributed by atoms with Gasteiger partial charge in [0.05, 0.1) is 6.54 Å². The lowest BCUT2D eigenvalue weighted by molar-refractivity contribution is -0.138. The highest BCUT2D eigenvalue weighted by Gasteiger charge is 2.43. The van der Waals surface area contributed by atoms with E-state index in [4.69, 9.17) is 16.3 Å². The third kappa shape index (κ3) is 2.91. The predicted octanol–water partition coefficient (Wildman–Crippen LogP) is 2.17. The number of pyridine rings is 1. The maximum Gasteiger partial charge on any atom is 0.251 e. The minimum Gasteiger partial charge on any atom is -0.491 e. The Morgan fingerprint density at radius 1 is 1.21 bits per heavy atom. The van der Waals surface area contributed by atoms with E-state index in [1.165, 1.54) is 0 Å². The number of halogens is 1. The van der Waals surface area contributed by atoms with Gasteiger partial charge in [0, 0.05) is 53.8 Å². The summed E-state index contributed by atoms with van der Waals surface area (Å²) in [6.07, 6.45) is 0.930. The zero-order valence-electron chi connectivity index (χ0n) is 15.4. The van der Waals surface area contributed by atoms with Gasteiger partial charge >= 0.3 is 0 Å². The van der Waals surface area contributed by atoms with Crippen molar-refractivity contribution in [2.24, 2.45) is 5.92 Å². The van der Waals surface area contributed by atoms with Crippen LogP contribution in [-0.2, 0) is 11.3 Å². The molecule has 1 N–H and O–H groups in total. The molecular weight excluding hydrogens is 378 g/mol. The molecule has 2 aromatic rings. The number of piperidine rings is 1. The molecule has 3 aliphatic rings. The summed E-state index contributed by atoms with van der Waals surface area (Å²) in [5.74, 6) is 1.14. The zero-order valence-corrected chi connectivity index (χ0v) is 16.2. The Morgan fingerprint density at radius 3 is 3.00 bits per heavy atom. The molecule has 4 heterocycles. The van der Waals surface area contributed by atoms with Gasteiger partial charge in [-0.2, -0.15) is 0 Å². The molecule has 7 heteroatoms. The number of carbonyl (C=O) groups excluding carboxylic acids is 1. The van der Waals surface area contributed by atoms with Crippen molar-refractivity contribution in [1.82, 2.24) is 14.8 Å². The van der Waals surface area contributed by atoms with Crippen molar-refractivity contribution in [3.8, 4) is 5.75 Å².